The molecule has 2 N–H and O–H groups in total. The van der Waals surface area contributed by atoms with Gasteiger partial charge in [0, 0.05) is 43.8 Å². The van der Waals surface area contributed by atoms with E-state index in [9.17, 15) is 9.59 Å². The highest BCUT2D eigenvalue weighted by Crippen LogP contribution is 2.15. The quantitative estimate of drug-likeness (QED) is 0.720. The third kappa shape index (κ3) is 6.59. The Morgan fingerprint density at radius 2 is 1.81 bits per heavy atom. The number of piperazine rings is 1. The van der Waals surface area contributed by atoms with E-state index in [1.807, 2.05) is 43.0 Å². The van der Waals surface area contributed by atoms with Gasteiger partial charge in [-0.25, -0.2) is 0 Å². The lowest BCUT2D eigenvalue weighted by atomic mass is 10.1. The molecule has 1 aromatic carbocycles. The van der Waals surface area contributed by atoms with Gasteiger partial charge in [0.1, 0.15) is 0 Å². The number of amides is 2. The third-order valence-corrected chi connectivity index (χ3v) is 4.85. The first kappa shape index (κ1) is 20.7. The Labute approximate surface area is 160 Å². The van der Waals surface area contributed by atoms with Crippen LogP contribution in [0.3, 0.4) is 0 Å². The van der Waals surface area contributed by atoms with Crippen LogP contribution in [0.25, 0.3) is 0 Å². The number of hydrogen-bond acceptors (Lipinski definition) is 4. The molecule has 1 atom stereocenters. The minimum atomic E-state index is 0.0603. The van der Waals surface area contributed by atoms with E-state index < -0.39 is 0 Å². The molecule has 144 valence electrons. The molecule has 1 heterocycles. The van der Waals surface area contributed by atoms with Crippen molar-refractivity contribution in [2.24, 2.45) is 0 Å². The Balaban J connectivity index is 1.69. The average Bonchev–Trinajstić information content (AvgIpc) is 2.65. The van der Waals surface area contributed by atoms with Gasteiger partial charge < -0.3 is 15.5 Å². The molecule has 1 saturated heterocycles. The molecule has 26 heavy (non-hydrogen) atoms. The van der Waals surface area contributed by atoms with Gasteiger partial charge in [-0.05, 0) is 31.0 Å². The van der Waals surface area contributed by atoms with Gasteiger partial charge in [-0.1, -0.05) is 30.7 Å². The molecule has 7 heteroatoms. The van der Waals surface area contributed by atoms with E-state index in [2.05, 4.69) is 15.5 Å². The van der Waals surface area contributed by atoms with E-state index in [1.54, 1.807) is 0 Å². The van der Waals surface area contributed by atoms with Gasteiger partial charge in [-0.3, -0.25) is 14.5 Å². The minimum absolute atomic E-state index is 0.0603. The van der Waals surface area contributed by atoms with Crippen LogP contribution in [0.1, 0.15) is 31.9 Å². The third-order valence-electron chi connectivity index (χ3n) is 4.59. The Morgan fingerprint density at radius 3 is 2.42 bits per heavy atom. The highest BCUT2D eigenvalue weighted by molar-refractivity contribution is 6.30. The molecule has 1 aliphatic heterocycles. The van der Waals surface area contributed by atoms with Crippen LogP contribution in [0.15, 0.2) is 24.3 Å². The Morgan fingerprint density at radius 1 is 1.15 bits per heavy atom. The summed E-state index contributed by atoms with van der Waals surface area (Å²) in [5.74, 6) is 0.158. The second-order valence-electron chi connectivity index (χ2n) is 6.66. The van der Waals surface area contributed by atoms with Crippen LogP contribution >= 0.6 is 11.6 Å². The second kappa shape index (κ2) is 10.5. The summed E-state index contributed by atoms with van der Waals surface area (Å²) < 4.78 is 0. The minimum Gasteiger partial charge on any atom is -0.355 e. The standard InChI is InChI=1S/C19H29ClN4O2/c1-3-8-21-18(25)14-23-9-11-24(12-10-23)19(26)13-22-15(2)16-4-6-17(20)7-5-16/h4-7,15,22H,3,8-14H2,1-2H3,(H,21,25)/t15-/m1/s1. The molecule has 0 saturated carbocycles. The van der Waals surface area contributed by atoms with Gasteiger partial charge in [-0.15, -0.1) is 0 Å². The van der Waals surface area contributed by atoms with Crippen LogP contribution in [0.4, 0.5) is 0 Å². The van der Waals surface area contributed by atoms with Gasteiger partial charge in [0.05, 0.1) is 13.1 Å². The number of carbonyl (C=O) groups excluding carboxylic acids is 2. The smallest absolute Gasteiger partial charge is 0.236 e. The largest absolute Gasteiger partial charge is 0.355 e. The number of rotatable bonds is 8. The Hall–Kier alpha value is -1.63. The average molecular weight is 381 g/mol. The van der Waals surface area contributed by atoms with Crippen molar-refractivity contribution in [3.05, 3.63) is 34.9 Å². The summed E-state index contributed by atoms with van der Waals surface area (Å²) in [7, 11) is 0. The zero-order valence-electron chi connectivity index (χ0n) is 15.6. The first-order valence-corrected chi connectivity index (χ1v) is 9.63. The fourth-order valence-electron chi connectivity index (χ4n) is 2.90. The second-order valence-corrected chi connectivity index (χ2v) is 7.10. The van der Waals surface area contributed by atoms with E-state index in [0.29, 0.717) is 31.2 Å². The molecule has 0 radical (unpaired) electrons. The highest BCUT2D eigenvalue weighted by atomic mass is 35.5. The van der Waals surface area contributed by atoms with Gasteiger partial charge in [-0.2, -0.15) is 0 Å². The lowest BCUT2D eigenvalue weighted by Gasteiger charge is -2.34. The van der Waals surface area contributed by atoms with Crippen LogP contribution in [0, 0.1) is 0 Å². The Bertz CT molecular complexity index is 586. The van der Waals surface area contributed by atoms with Crippen LogP contribution < -0.4 is 10.6 Å². The van der Waals surface area contributed by atoms with Gasteiger partial charge in [0.25, 0.3) is 0 Å². The van der Waals surface area contributed by atoms with Gasteiger partial charge >= 0.3 is 0 Å². The van der Waals surface area contributed by atoms with Crippen molar-refractivity contribution in [2.45, 2.75) is 26.3 Å². The maximum absolute atomic E-state index is 12.4. The lowest BCUT2D eigenvalue weighted by molar-refractivity contribution is -0.132. The van der Waals surface area contributed by atoms with Gasteiger partial charge in [0.2, 0.25) is 11.8 Å². The van der Waals surface area contributed by atoms with Crippen LogP contribution in [-0.4, -0.2) is 67.4 Å². The molecule has 1 aliphatic rings. The van der Waals surface area contributed by atoms with Crippen molar-refractivity contribution in [2.75, 3.05) is 45.8 Å². The van der Waals surface area contributed by atoms with Crippen molar-refractivity contribution >= 4 is 23.4 Å². The zero-order chi connectivity index (χ0) is 18.9. The number of nitrogens with zero attached hydrogens (tertiary/aromatic N) is 2. The summed E-state index contributed by atoms with van der Waals surface area (Å²) in [4.78, 5) is 28.1. The molecule has 0 aromatic heterocycles. The number of nitrogens with one attached hydrogen (secondary N) is 2. The highest BCUT2D eigenvalue weighted by Gasteiger charge is 2.22. The zero-order valence-corrected chi connectivity index (χ0v) is 16.4. The summed E-state index contributed by atoms with van der Waals surface area (Å²) in [6.45, 7) is 8.29. The van der Waals surface area contributed by atoms with E-state index in [-0.39, 0.29) is 17.9 Å². The van der Waals surface area contributed by atoms with Crippen molar-refractivity contribution in [3.8, 4) is 0 Å². The summed E-state index contributed by atoms with van der Waals surface area (Å²) in [5, 5.41) is 6.86. The summed E-state index contributed by atoms with van der Waals surface area (Å²) in [6.07, 6.45) is 0.940. The number of benzene rings is 1. The maximum atomic E-state index is 12.4. The predicted octanol–water partition coefficient (Wildman–Crippen LogP) is 1.66. The molecule has 0 spiro atoms. The molecule has 6 nitrogen and oxygen atoms in total. The molecule has 1 aromatic rings. The van der Waals surface area contributed by atoms with E-state index in [1.165, 1.54) is 0 Å². The molecule has 2 rings (SSSR count). The number of hydrogen-bond donors (Lipinski definition) is 2. The molecule has 2 amide bonds. The SMILES string of the molecule is CCCNC(=O)CN1CCN(C(=O)CN[C@H](C)c2ccc(Cl)cc2)CC1. The molecule has 0 bridgehead atoms. The Kier molecular flexibility index (Phi) is 8.35. The first-order valence-electron chi connectivity index (χ1n) is 9.25. The molecular weight excluding hydrogens is 352 g/mol. The van der Waals surface area contributed by atoms with Crippen molar-refractivity contribution in [1.82, 2.24) is 20.4 Å². The lowest BCUT2D eigenvalue weighted by Crippen LogP contribution is -2.52. The van der Waals surface area contributed by atoms with Gasteiger partial charge in [0.15, 0.2) is 0 Å². The van der Waals surface area contributed by atoms with Crippen LogP contribution in [0.2, 0.25) is 5.02 Å². The van der Waals surface area contributed by atoms with Crippen LogP contribution in [-0.2, 0) is 9.59 Å². The topological polar surface area (TPSA) is 64.7 Å². The summed E-state index contributed by atoms with van der Waals surface area (Å²) in [6, 6.07) is 7.72. The molecule has 0 unspecified atom stereocenters. The van der Waals surface area contributed by atoms with E-state index in [0.717, 1.165) is 31.6 Å². The number of carbonyl (C=O) groups is 2. The monoisotopic (exact) mass is 380 g/mol. The predicted molar refractivity (Wildman–Crippen MR) is 104 cm³/mol. The summed E-state index contributed by atoms with van der Waals surface area (Å²) >= 11 is 5.90. The van der Waals surface area contributed by atoms with Crippen molar-refractivity contribution in [3.63, 3.8) is 0 Å². The first-order chi connectivity index (χ1) is 12.5. The normalized spacial score (nSPS) is 16.3. The maximum Gasteiger partial charge on any atom is 0.236 e. The molecule has 0 aliphatic carbocycles. The van der Waals surface area contributed by atoms with Crippen LogP contribution in [0.5, 0.6) is 0 Å². The van der Waals surface area contributed by atoms with E-state index in [4.69, 9.17) is 11.6 Å². The fourth-order valence-corrected chi connectivity index (χ4v) is 3.03. The van der Waals surface area contributed by atoms with Crippen molar-refractivity contribution in [1.29, 1.82) is 0 Å². The summed E-state index contributed by atoms with van der Waals surface area (Å²) in [5.41, 5.74) is 1.10. The van der Waals surface area contributed by atoms with Crippen molar-refractivity contribution < 1.29 is 9.59 Å². The fraction of sp³-hybridized carbons (Fsp3) is 0.579. The molecular formula is C19H29ClN4O2. The molecule has 1 fully saturated rings. The number of halogens is 1. The van der Waals surface area contributed by atoms with E-state index >= 15 is 0 Å².